The molecule has 1 unspecified atom stereocenters. The van der Waals surface area contributed by atoms with Crippen molar-refractivity contribution in [2.75, 3.05) is 6.54 Å². The van der Waals surface area contributed by atoms with E-state index in [0.29, 0.717) is 0 Å². The minimum atomic E-state index is -1.25. The summed E-state index contributed by atoms with van der Waals surface area (Å²) in [4.78, 5) is 22.4. The number of aliphatic hydroxyl groups excluding tert-OH is 1. The molecule has 0 aliphatic heterocycles. The number of carbonyl (C=O) groups excluding carboxylic acids is 1. The van der Waals surface area contributed by atoms with Gasteiger partial charge in [-0.2, -0.15) is 5.54 Å². The lowest BCUT2D eigenvalue weighted by Gasteiger charge is -2.31. The summed E-state index contributed by atoms with van der Waals surface area (Å²) in [5.74, 6) is -1.83. The van der Waals surface area contributed by atoms with Gasteiger partial charge in [-0.3, -0.25) is 4.79 Å². The van der Waals surface area contributed by atoms with Crippen molar-refractivity contribution in [3.05, 3.63) is 0 Å². The standard InChI is InChI=1S/C10H19FN2O4/c1-6(14)4-7(15)13-8(9(16)17)10(2,3)5-12-11/h6,8,12,14H,4-5H2,1-3H3,(H,13,15)(H,16,17)/t6?,8-/m1/s1. The average Bonchev–Trinajstić information content (AvgIpc) is 2.12. The molecule has 0 radical (unpaired) electrons. The van der Waals surface area contributed by atoms with Crippen LogP contribution in [0.2, 0.25) is 0 Å². The quantitative estimate of drug-likeness (QED) is 0.470. The van der Waals surface area contributed by atoms with Crippen molar-refractivity contribution in [2.45, 2.75) is 39.3 Å². The number of aliphatic hydroxyl groups is 1. The summed E-state index contributed by atoms with van der Waals surface area (Å²) < 4.78 is 12.1. The van der Waals surface area contributed by atoms with E-state index in [1.165, 1.54) is 26.3 Å². The molecule has 0 aromatic carbocycles. The van der Waals surface area contributed by atoms with Crippen molar-refractivity contribution in [3.63, 3.8) is 0 Å². The van der Waals surface area contributed by atoms with Crippen LogP contribution in [0.25, 0.3) is 0 Å². The molecule has 0 aliphatic carbocycles. The molecular formula is C10H19FN2O4. The summed E-state index contributed by atoms with van der Waals surface area (Å²) in [6.45, 7) is 4.24. The van der Waals surface area contributed by atoms with Gasteiger partial charge in [0.1, 0.15) is 6.04 Å². The van der Waals surface area contributed by atoms with E-state index in [2.05, 4.69) is 5.32 Å². The minimum Gasteiger partial charge on any atom is -0.480 e. The molecule has 0 heterocycles. The first kappa shape index (κ1) is 15.8. The minimum absolute atomic E-state index is 0.192. The van der Waals surface area contributed by atoms with Crippen LogP contribution < -0.4 is 10.9 Å². The van der Waals surface area contributed by atoms with Gasteiger partial charge in [0.25, 0.3) is 0 Å². The summed E-state index contributed by atoms with van der Waals surface area (Å²) in [5, 5.41) is 20.3. The third-order valence-corrected chi connectivity index (χ3v) is 2.34. The second kappa shape index (κ2) is 6.51. The van der Waals surface area contributed by atoms with Crippen molar-refractivity contribution >= 4 is 11.9 Å². The van der Waals surface area contributed by atoms with Gasteiger partial charge in [-0.05, 0) is 6.92 Å². The van der Waals surface area contributed by atoms with Gasteiger partial charge in [-0.25, -0.2) is 4.79 Å². The van der Waals surface area contributed by atoms with E-state index in [1.807, 2.05) is 0 Å². The van der Waals surface area contributed by atoms with Crippen LogP contribution in [-0.4, -0.2) is 40.8 Å². The van der Waals surface area contributed by atoms with Crippen molar-refractivity contribution in [1.82, 2.24) is 10.9 Å². The van der Waals surface area contributed by atoms with Gasteiger partial charge in [0.05, 0.1) is 12.5 Å². The van der Waals surface area contributed by atoms with Crippen molar-refractivity contribution in [2.24, 2.45) is 5.41 Å². The van der Waals surface area contributed by atoms with Crippen LogP contribution in [0.15, 0.2) is 0 Å². The van der Waals surface area contributed by atoms with Gasteiger partial charge in [0, 0.05) is 12.0 Å². The monoisotopic (exact) mass is 250 g/mol. The Morgan fingerprint density at radius 1 is 1.41 bits per heavy atom. The Morgan fingerprint density at radius 2 is 1.94 bits per heavy atom. The Balaban J connectivity index is 4.65. The molecule has 0 aromatic rings. The molecule has 4 N–H and O–H groups in total. The summed E-state index contributed by atoms with van der Waals surface area (Å²) in [6.07, 6.45) is -1.05. The number of carboxylic acids is 1. The fourth-order valence-corrected chi connectivity index (χ4v) is 1.35. The number of aliphatic carboxylic acids is 1. The van der Waals surface area contributed by atoms with Crippen LogP contribution in [-0.2, 0) is 9.59 Å². The van der Waals surface area contributed by atoms with Crippen LogP contribution in [0, 0.1) is 5.41 Å². The van der Waals surface area contributed by atoms with E-state index in [-0.39, 0.29) is 13.0 Å². The maximum absolute atomic E-state index is 12.1. The number of carboxylic acid groups (broad SMARTS) is 1. The lowest BCUT2D eigenvalue weighted by Crippen LogP contribution is -2.53. The van der Waals surface area contributed by atoms with Crippen LogP contribution in [0.1, 0.15) is 27.2 Å². The van der Waals surface area contributed by atoms with Crippen molar-refractivity contribution < 1.29 is 24.3 Å². The first-order valence-corrected chi connectivity index (χ1v) is 5.24. The molecule has 0 spiro atoms. The predicted octanol–water partition coefficient (Wildman–Crippen LogP) is -0.173. The molecule has 6 nitrogen and oxygen atoms in total. The van der Waals surface area contributed by atoms with E-state index in [0.717, 1.165) is 0 Å². The smallest absolute Gasteiger partial charge is 0.326 e. The molecular weight excluding hydrogens is 231 g/mol. The predicted molar refractivity (Wildman–Crippen MR) is 58.8 cm³/mol. The molecule has 1 amide bonds. The van der Waals surface area contributed by atoms with Crippen LogP contribution in [0.3, 0.4) is 0 Å². The molecule has 0 aliphatic rings. The third-order valence-electron chi connectivity index (χ3n) is 2.34. The summed E-state index contributed by atoms with van der Waals surface area (Å²) in [5.41, 5.74) is 0.402. The van der Waals surface area contributed by atoms with Crippen LogP contribution >= 0.6 is 0 Å². The highest BCUT2D eigenvalue weighted by Gasteiger charge is 2.36. The fraction of sp³-hybridized carbons (Fsp3) is 0.800. The highest BCUT2D eigenvalue weighted by atomic mass is 19.2. The van der Waals surface area contributed by atoms with E-state index in [9.17, 15) is 14.1 Å². The summed E-state index contributed by atoms with van der Waals surface area (Å²) >= 11 is 0. The number of hydrogen-bond donors (Lipinski definition) is 4. The number of nitrogens with one attached hydrogen (secondary N) is 2. The molecule has 0 rings (SSSR count). The maximum Gasteiger partial charge on any atom is 0.326 e. The lowest BCUT2D eigenvalue weighted by molar-refractivity contribution is -0.145. The first-order chi connectivity index (χ1) is 7.70. The van der Waals surface area contributed by atoms with Gasteiger partial charge < -0.3 is 15.5 Å². The van der Waals surface area contributed by atoms with E-state index in [1.54, 1.807) is 0 Å². The first-order valence-electron chi connectivity index (χ1n) is 5.24. The molecule has 0 saturated carbocycles. The topological polar surface area (TPSA) is 98.7 Å². The van der Waals surface area contributed by atoms with Gasteiger partial charge >= 0.3 is 5.97 Å². The second-order valence-corrected chi connectivity index (χ2v) is 4.69. The number of amides is 1. The molecule has 0 bridgehead atoms. The van der Waals surface area contributed by atoms with Crippen LogP contribution in [0.5, 0.6) is 0 Å². The average molecular weight is 250 g/mol. The Kier molecular flexibility index (Phi) is 6.04. The zero-order chi connectivity index (χ0) is 13.6. The number of hydrogen-bond acceptors (Lipinski definition) is 4. The molecule has 100 valence electrons. The van der Waals surface area contributed by atoms with E-state index < -0.39 is 29.4 Å². The van der Waals surface area contributed by atoms with Crippen molar-refractivity contribution in [3.8, 4) is 0 Å². The fourth-order valence-electron chi connectivity index (χ4n) is 1.35. The Morgan fingerprint density at radius 3 is 2.29 bits per heavy atom. The zero-order valence-electron chi connectivity index (χ0n) is 10.2. The molecule has 0 aromatic heterocycles. The lowest BCUT2D eigenvalue weighted by atomic mass is 9.84. The highest BCUT2D eigenvalue weighted by molar-refractivity contribution is 5.84. The number of halogens is 1. The summed E-state index contributed by atoms with van der Waals surface area (Å²) in [6, 6.07) is -1.22. The molecule has 0 saturated heterocycles. The van der Waals surface area contributed by atoms with Gasteiger partial charge in [0.2, 0.25) is 5.91 Å². The van der Waals surface area contributed by atoms with E-state index in [4.69, 9.17) is 10.2 Å². The number of rotatable bonds is 7. The molecule has 0 fully saturated rings. The molecule has 17 heavy (non-hydrogen) atoms. The summed E-state index contributed by atoms with van der Waals surface area (Å²) in [7, 11) is 0. The van der Waals surface area contributed by atoms with E-state index >= 15 is 0 Å². The Bertz CT molecular complexity index is 281. The van der Waals surface area contributed by atoms with Gasteiger partial charge in [-0.15, -0.1) is 4.48 Å². The Hall–Kier alpha value is -1.21. The maximum atomic E-state index is 12.1. The SMILES string of the molecule is CC(O)CC(=O)N[C@H](C(=O)O)C(C)(C)CNF. The van der Waals surface area contributed by atoms with Crippen molar-refractivity contribution in [1.29, 1.82) is 0 Å². The second-order valence-electron chi connectivity index (χ2n) is 4.69. The number of carbonyl (C=O) groups is 2. The molecule has 2 atom stereocenters. The normalized spacial score (nSPS) is 15.1. The van der Waals surface area contributed by atoms with Gasteiger partial charge in [-0.1, -0.05) is 13.8 Å². The Labute approximate surface area is 99.1 Å². The molecule has 7 heteroatoms. The highest BCUT2D eigenvalue weighted by Crippen LogP contribution is 2.20. The van der Waals surface area contributed by atoms with Gasteiger partial charge in [0.15, 0.2) is 0 Å². The zero-order valence-corrected chi connectivity index (χ0v) is 10.2. The third kappa shape index (κ3) is 5.60. The van der Waals surface area contributed by atoms with Crippen LogP contribution in [0.4, 0.5) is 4.48 Å². The largest absolute Gasteiger partial charge is 0.480 e.